The molecule has 36 nitrogen and oxygen atoms in total. The van der Waals surface area contributed by atoms with Crippen LogP contribution in [0.5, 0.6) is 0 Å². The zero-order valence-electron chi connectivity index (χ0n) is 50.7. The molecule has 6 unspecified atom stereocenters. The second kappa shape index (κ2) is 35.2. The van der Waals surface area contributed by atoms with Crippen LogP contribution in [0.3, 0.4) is 0 Å². The van der Waals surface area contributed by atoms with Crippen LogP contribution in [0.15, 0.2) is 0 Å². The second-order valence-electron chi connectivity index (χ2n) is 24.1. The number of rotatable bonds is 24. The summed E-state index contributed by atoms with van der Waals surface area (Å²) in [5.74, 6) is 0. The molecule has 528 valence electrons. The van der Waals surface area contributed by atoms with Crippen LogP contribution in [0, 0.1) is 0 Å². The Labute approximate surface area is 517 Å². The van der Waals surface area contributed by atoms with Crippen molar-refractivity contribution in [3.05, 3.63) is 0 Å². The summed E-state index contributed by atoms with van der Waals surface area (Å²) < 4.78 is 108. The Morgan fingerprint density at radius 3 is 0.444 bits per heavy atom. The Morgan fingerprint density at radius 1 is 0.211 bits per heavy atom. The third kappa shape index (κ3) is 19.9. The third-order valence-electron chi connectivity index (χ3n) is 15.4. The minimum atomic E-state index is -2.18. The third-order valence-corrected chi connectivity index (χ3v) is 15.4. The van der Waals surface area contributed by atoms with Crippen LogP contribution in [0.1, 0.15) is 41.5 Å². The first-order chi connectivity index (χ1) is 42.6. The largest absolute Gasteiger partial charge is 0.391 e. The molecule has 0 aromatic rings. The van der Waals surface area contributed by atoms with Gasteiger partial charge in [-0.05, 0) is 41.5 Å². The van der Waals surface area contributed by atoms with Crippen LogP contribution in [0.4, 0.5) is 0 Å². The molecule has 0 amide bonds. The van der Waals surface area contributed by atoms with Gasteiger partial charge >= 0.3 is 0 Å². The lowest BCUT2D eigenvalue weighted by Gasteiger charge is -2.51. The van der Waals surface area contributed by atoms with E-state index >= 15 is 0 Å². The number of aliphatic hydroxyl groups is 18. The molecule has 22 aliphatic heterocycles. The van der Waals surface area contributed by atoms with E-state index in [1.54, 1.807) is 0 Å². The molecule has 90 heavy (non-hydrogen) atoms. The van der Waals surface area contributed by atoms with Crippen molar-refractivity contribution in [3.63, 3.8) is 0 Å². The van der Waals surface area contributed by atoms with Crippen molar-refractivity contribution < 1.29 is 177 Å². The summed E-state index contributed by atoms with van der Waals surface area (Å²) in [6.45, 7) is 2.83. The molecule has 22 fully saturated rings. The molecule has 36 atom stereocenters. The van der Waals surface area contributed by atoms with Gasteiger partial charge in [-0.15, -0.1) is 0 Å². The Hall–Kier alpha value is -1.44. The Balaban J connectivity index is 1.30. The SMILES string of the molecule is CC(O)COC[C@@H]1O[C@H]2O[C@@H]3[C@H](O)[C@@H](O)[C@H](O[C@@H]4[C@H](O)[C@@H](O)[C@H](O[C@@H]5[C@H](O)[C@@H](O)[C@H](O[C@@H]6[C@H](O)[C@@H](O)[C@H](O[C@@H]7[C@H](O)[C@@H](O)[C@H](O[C@@H]1[C@H](O)[C@H]2O)O[C@H]7COCC(C)O)O[C@H]6COCC(C)O)O[C@H]5COCC(C)O)O[C@H]4COCC(C)O)O[C@H]3COCC(C)O. The Morgan fingerprint density at radius 2 is 0.333 bits per heavy atom. The van der Waals surface area contributed by atoms with Gasteiger partial charge in [-0.3, -0.25) is 0 Å². The fourth-order valence-electron chi connectivity index (χ4n) is 11.0. The highest BCUT2D eigenvalue weighted by molar-refractivity contribution is 5.01. The second-order valence-corrected chi connectivity index (χ2v) is 24.1. The zero-order chi connectivity index (χ0) is 66.0. The predicted octanol–water partition coefficient (Wildman–Crippen LogP) is -10.6. The summed E-state index contributed by atoms with van der Waals surface area (Å²) in [6.07, 6.45) is -64.7. The van der Waals surface area contributed by atoms with Gasteiger partial charge in [-0.25, -0.2) is 0 Å². The van der Waals surface area contributed by atoms with Gasteiger partial charge in [0.2, 0.25) is 0 Å². The molecule has 0 aliphatic carbocycles. The van der Waals surface area contributed by atoms with Gasteiger partial charge in [0.05, 0.1) is 116 Å². The van der Waals surface area contributed by atoms with Crippen LogP contribution in [0.25, 0.3) is 0 Å². The van der Waals surface area contributed by atoms with E-state index in [0.717, 1.165) is 0 Å². The molecular weight excluding hydrogens is 1220 g/mol. The van der Waals surface area contributed by atoms with Crippen molar-refractivity contribution in [1.29, 1.82) is 0 Å². The van der Waals surface area contributed by atoms with Gasteiger partial charge in [0.25, 0.3) is 0 Å². The average molecular weight is 1320 g/mol. The molecule has 12 bridgehead atoms. The van der Waals surface area contributed by atoms with E-state index < -0.39 is 261 Å². The maximum absolute atomic E-state index is 12.0. The number of hydrogen-bond acceptors (Lipinski definition) is 36. The number of aliphatic hydroxyl groups excluding tert-OH is 18. The van der Waals surface area contributed by atoms with Crippen LogP contribution in [-0.4, -0.2) is 392 Å². The molecule has 36 heteroatoms. The molecule has 22 rings (SSSR count). The highest BCUT2D eigenvalue weighted by atomic mass is 16.8. The minimum Gasteiger partial charge on any atom is -0.391 e. The van der Waals surface area contributed by atoms with E-state index in [-0.39, 0.29) is 39.6 Å². The molecule has 22 heterocycles. The van der Waals surface area contributed by atoms with Crippen molar-refractivity contribution in [2.24, 2.45) is 0 Å². The smallest absolute Gasteiger partial charge is 0.187 e. The molecule has 18 N–H and O–H groups in total. The Bertz CT molecular complexity index is 1680. The summed E-state index contributed by atoms with van der Waals surface area (Å²) in [5, 5.41) is 203. The molecule has 0 aromatic carbocycles. The first kappa shape index (κ1) is 75.9. The normalized spacial score (nSPS) is 46.0. The van der Waals surface area contributed by atoms with Crippen LogP contribution < -0.4 is 0 Å². The lowest BCUT2D eigenvalue weighted by molar-refractivity contribution is -0.405. The summed E-state index contributed by atoms with van der Waals surface area (Å²) in [4.78, 5) is 0. The lowest BCUT2D eigenvalue weighted by atomic mass is 9.94. The predicted molar refractivity (Wildman–Crippen MR) is 288 cm³/mol. The maximum Gasteiger partial charge on any atom is 0.187 e. The highest BCUT2D eigenvalue weighted by Gasteiger charge is 2.59. The van der Waals surface area contributed by atoms with E-state index in [0.29, 0.717) is 0 Å². The van der Waals surface area contributed by atoms with E-state index in [1.165, 1.54) is 41.5 Å². The molecule has 22 aliphatic rings. The van der Waals surface area contributed by atoms with Crippen molar-refractivity contribution in [3.8, 4) is 0 Å². The van der Waals surface area contributed by atoms with Gasteiger partial charge in [-0.1, -0.05) is 0 Å². The van der Waals surface area contributed by atoms with Crippen molar-refractivity contribution in [2.45, 2.75) is 262 Å². The molecule has 0 saturated carbocycles. The topological polar surface area (TPSA) is 530 Å². The Kier molecular flexibility index (Phi) is 29.7. The van der Waals surface area contributed by atoms with E-state index in [2.05, 4.69) is 0 Å². The van der Waals surface area contributed by atoms with Crippen molar-refractivity contribution >= 4 is 0 Å². The minimum absolute atomic E-state index is 0.338. The maximum atomic E-state index is 12.0. The van der Waals surface area contributed by atoms with Crippen LogP contribution in [0.2, 0.25) is 0 Å². The van der Waals surface area contributed by atoms with Crippen LogP contribution in [-0.2, 0) is 85.3 Å². The first-order valence-corrected chi connectivity index (χ1v) is 30.1. The standard InChI is InChI=1S/C54H96O36/c1-19(55)7-73-13-25-43-31(61)37(67)49(79-25)86-44-26(14-74-8-20(2)56)81-51(39(69)33(44)63)88-46-28(16-76-10-22(4)58)83-53(41(71)35(46)65)90-48-30(18-78-12-24(6)60)84-54(42(72)36(48)66)89-47-29(17-77-11-23(5)59)82-52(40(70)34(47)64)87-45-27(15-75-9-21(3)57)80-50(85-43)38(68)32(45)62/h19-72H,7-18H2,1-6H3/t19?,20?,21?,22?,23?,24?,25-,26-,27-,28-,29-,30-,31+,32+,33+,34+,35+,36+,37+,38+,39+,40+,41+,42+,43-,44-,45-,46-,47-,48-,49-,50-,51-,52-,53-,54-/m0/s1. The quantitative estimate of drug-likeness (QED) is 0.0427. The summed E-state index contributed by atoms with van der Waals surface area (Å²) in [5.41, 5.74) is 0. The summed E-state index contributed by atoms with van der Waals surface area (Å²) >= 11 is 0. The van der Waals surface area contributed by atoms with Gasteiger partial charge in [0.1, 0.15) is 146 Å². The molecule has 0 spiro atoms. The lowest BCUT2D eigenvalue weighted by Crippen LogP contribution is -2.69. The van der Waals surface area contributed by atoms with Gasteiger partial charge < -0.3 is 177 Å². The van der Waals surface area contributed by atoms with Gasteiger partial charge in [0.15, 0.2) is 37.7 Å². The van der Waals surface area contributed by atoms with Crippen molar-refractivity contribution in [1.82, 2.24) is 0 Å². The van der Waals surface area contributed by atoms with E-state index in [9.17, 15) is 91.9 Å². The number of ether oxygens (including phenoxy) is 18. The zero-order valence-corrected chi connectivity index (χ0v) is 50.7. The van der Waals surface area contributed by atoms with Crippen molar-refractivity contribution in [2.75, 3.05) is 79.3 Å². The summed E-state index contributed by atoms with van der Waals surface area (Å²) in [7, 11) is 0. The van der Waals surface area contributed by atoms with Gasteiger partial charge in [-0.2, -0.15) is 0 Å². The van der Waals surface area contributed by atoms with E-state index in [1.807, 2.05) is 0 Å². The van der Waals surface area contributed by atoms with Gasteiger partial charge in [0, 0.05) is 0 Å². The summed E-state index contributed by atoms with van der Waals surface area (Å²) in [6, 6.07) is 0. The highest BCUT2D eigenvalue weighted by Crippen LogP contribution is 2.39. The molecule has 0 aromatic heterocycles. The molecule has 0 radical (unpaired) electrons. The van der Waals surface area contributed by atoms with E-state index in [4.69, 9.17) is 85.3 Å². The molecular formula is C54H96O36. The first-order valence-electron chi connectivity index (χ1n) is 30.1. The average Bonchev–Trinajstić information content (AvgIpc) is 0.795. The monoisotopic (exact) mass is 1320 g/mol. The molecule has 22 saturated heterocycles. The number of hydrogen-bond donors (Lipinski definition) is 18. The fraction of sp³-hybridized carbons (Fsp3) is 1.00. The van der Waals surface area contributed by atoms with Crippen LogP contribution >= 0.6 is 0 Å². The fourth-order valence-corrected chi connectivity index (χ4v) is 11.0.